The number of hydrogen-bond acceptors (Lipinski definition) is 1. The first kappa shape index (κ1) is 14.5. The molecular formula is C23H20NO+. The van der Waals surface area contributed by atoms with Gasteiger partial charge in [-0.1, -0.05) is 30.3 Å². The molecule has 0 bridgehead atoms. The molecule has 0 aliphatic carbocycles. The molecule has 1 aliphatic heterocycles. The van der Waals surface area contributed by atoms with Crippen molar-refractivity contribution < 1.29 is 9.30 Å². The molecule has 4 aromatic rings. The number of ether oxygens (including phenoxy) is 1. The zero-order chi connectivity index (χ0) is 17.3. The monoisotopic (exact) mass is 326 g/mol. The van der Waals surface area contributed by atoms with Crippen molar-refractivity contribution in [2.75, 3.05) is 0 Å². The van der Waals surface area contributed by atoms with Gasteiger partial charge in [-0.2, -0.15) is 0 Å². The van der Waals surface area contributed by atoms with E-state index in [4.69, 9.17) is 4.74 Å². The van der Waals surface area contributed by atoms with Crippen LogP contribution in [0.25, 0.3) is 32.8 Å². The van der Waals surface area contributed by atoms with Crippen LogP contribution in [0.4, 0.5) is 0 Å². The fourth-order valence-electron chi connectivity index (χ4n) is 4.38. The van der Waals surface area contributed by atoms with Gasteiger partial charge >= 0.3 is 0 Å². The van der Waals surface area contributed by atoms with Gasteiger partial charge < -0.3 is 4.74 Å². The van der Waals surface area contributed by atoms with E-state index in [1.165, 1.54) is 49.5 Å². The molecule has 0 amide bonds. The van der Waals surface area contributed by atoms with Gasteiger partial charge in [0.25, 0.3) is 0 Å². The molecule has 1 aliphatic rings. The second kappa shape index (κ2) is 4.82. The van der Waals surface area contributed by atoms with E-state index >= 15 is 0 Å². The number of benzene rings is 3. The summed E-state index contributed by atoms with van der Waals surface area (Å²) >= 11 is 0. The van der Waals surface area contributed by atoms with E-state index < -0.39 is 0 Å². The van der Waals surface area contributed by atoms with Gasteiger partial charge in [0.2, 0.25) is 5.69 Å². The molecule has 0 saturated heterocycles. The number of hydrogen-bond donors (Lipinski definition) is 0. The first-order valence-corrected chi connectivity index (χ1v) is 8.70. The van der Waals surface area contributed by atoms with Crippen LogP contribution in [0.15, 0.2) is 48.7 Å². The molecule has 0 unspecified atom stereocenters. The fraction of sp³-hybridized carbons (Fsp3) is 0.174. The van der Waals surface area contributed by atoms with Crippen LogP contribution in [0, 0.1) is 20.8 Å². The lowest BCUT2D eigenvalue weighted by molar-refractivity contribution is -0.659. The normalized spacial score (nSPS) is 12.3. The second-order valence-corrected chi connectivity index (χ2v) is 7.05. The lowest BCUT2D eigenvalue weighted by atomic mass is 9.88. The van der Waals surface area contributed by atoms with Crippen LogP contribution in [0.2, 0.25) is 0 Å². The van der Waals surface area contributed by atoms with Crippen molar-refractivity contribution in [1.29, 1.82) is 0 Å². The highest BCUT2D eigenvalue weighted by Gasteiger charge is 2.31. The minimum absolute atomic E-state index is 0.951. The molecule has 2 heterocycles. The van der Waals surface area contributed by atoms with E-state index in [0.29, 0.717) is 0 Å². The average Bonchev–Trinajstić information content (AvgIpc) is 2.62. The summed E-state index contributed by atoms with van der Waals surface area (Å²) in [6.07, 6.45) is 2.14. The zero-order valence-electron chi connectivity index (χ0n) is 15.0. The second-order valence-electron chi connectivity index (χ2n) is 7.05. The molecule has 5 rings (SSSR count). The third-order valence-electron chi connectivity index (χ3n) is 5.57. The molecule has 1 aromatic heterocycles. The Bertz CT molecular complexity index is 1200. The number of aromatic nitrogens is 1. The highest BCUT2D eigenvalue weighted by atomic mass is 16.5. The van der Waals surface area contributed by atoms with Crippen molar-refractivity contribution in [3.05, 3.63) is 65.4 Å². The Labute approximate surface area is 147 Å². The van der Waals surface area contributed by atoms with Crippen LogP contribution < -0.4 is 9.30 Å². The SMILES string of the molecule is Cc1c2c(c(C)c3c(C)cccc13)Oc1cccc3cc[n+](C)c-2c13. The minimum Gasteiger partial charge on any atom is -0.455 e. The third kappa shape index (κ3) is 1.77. The minimum atomic E-state index is 0.951. The first-order valence-electron chi connectivity index (χ1n) is 8.70. The van der Waals surface area contributed by atoms with Crippen molar-refractivity contribution >= 4 is 21.5 Å². The lowest BCUT2D eigenvalue weighted by Gasteiger charge is -2.24. The predicted octanol–water partition coefficient (Wildman–Crippen LogP) is 5.52. The van der Waals surface area contributed by atoms with E-state index in [1.54, 1.807) is 0 Å². The summed E-state index contributed by atoms with van der Waals surface area (Å²) in [6, 6.07) is 15.0. The van der Waals surface area contributed by atoms with Crippen LogP contribution in [-0.4, -0.2) is 0 Å². The van der Waals surface area contributed by atoms with E-state index in [-0.39, 0.29) is 0 Å². The van der Waals surface area contributed by atoms with Crippen molar-refractivity contribution in [2.24, 2.45) is 7.05 Å². The number of aryl methyl sites for hydroxylation is 4. The number of rotatable bonds is 0. The van der Waals surface area contributed by atoms with Gasteiger partial charge in [-0.05, 0) is 54.1 Å². The number of pyridine rings is 1. The van der Waals surface area contributed by atoms with Crippen LogP contribution in [-0.2, 0) is 7.05 Å². The van der Waals surface area contributed by atoms with Gasteiger partial charge in [-0.25, -0.2) is 4.57 Å². The molecule has 2 nitrogen and oxygen atoms in total. The van der Waals surface area contributed by atoms with E-state index in [1.807, 2.05) is 0 Å². The fourth-order valence-corrected chi connectivity index (χ4v) is 4.38. The molecule has 122 valence electrons. The van der Waals surface area contributed by atoms with Crippen molar-refractivity contribution in [1.82, 2.24) is 0 Å². The maximum atomic E-state index is 6.47. The summed E-state index contributed by atoms with van der Waals surface area (Å²) in [5.41, 5.74) is 6.28. The Morgan fingerprint density at radius 1 is 0.840 bits per heavy atom. The van der Waals surface area contributed by atoms with Crippen LogP contribution in [0.1, 0.15) is 16.7 Å². The van der Waals surface area contributed by atoms with Gasteiger partial charge in [-0.3, -0.25) is 0 Å². The highest BCUT2D eigenvalue weighted by molar-refractivity contribution is 6.06. The first-order chi connectivity index (χ1) is 12.1. The highest BCUT2D eigenvalue weighted by Crippen LogP contribution is 2.50. The molecule has 0 atom stereocenters. The molecular weight excluding hydrogens is 306 g/mol. The van der Waals surface area contributed by atoms with Crippen LogP contribution in [0.5, 0.6) is 11.5 Å². The summed E-state index contributed by atoms with van der Waals surface area (Å²) in [6.45, 7) is 6.58. The maximum Gasteiger partial charge on any atom is 0.228 e. The van der Waals surface area contributed by atoms with Crippen LogP contribution >= 0.6 is 0 Å². The smallest absolute Gasteiger partial charge is 0.228 e. The number of fused-ring (bicyclic) bond motifs is 3. The van der Waals surface area contributed by atoms with Gasteiger partial charge in [0.05, 0.1) is 10.9 Å². The zero-order valence-corrected chi connectivity index (χ0v) is 15.0. The average molecular weight is 326 g/mol. The quantitative estimate of drug-likeness (QED) is 0.342. The molecule has 0 spiro atoms. The van der Waals surface area contributed by atoms with E-state index in [2.05, 4.69) is 81.0 Å². The van der Waals surface area contributed by atoms with E-state index in [0.717, 1.165) is 11.5 Å². The Morgan fingerprint density at radius 3 is 2.48 bits per heavy atom. The van der Waals surface area contributed by atoms with Crippen molar-refractivity contribution in [3.8, 4) is 22.8 Å². The molecule has 0 fully saturated rings. The standard InChI is InChI=1S/C23H20NO/c1-13-7-5-9-17-14(2)20-22-21-16(11-12-24(22)4)8-6-10-18(21)25-23(20)15(3)19(13)17/h5-12H,1-4H3/q+1. The topological polar surface area (TPSA) is 13.1 Å². The predicted molar refractivity (Wildman–Crippen MR) is 102 cm³/mol. The molecule has 0 saturated carbocycles. The molecule has 25 heavy (non-hydrogen) atoms. The number of nitrogens with zero attached hydrogens (tertiary/aromatic N) is 1. The van der Waals surface area contributed by atoms with Gasteiger partial charge in [0.15, 0.2) is 6.20 Å². The van der Waals surface area contributed by atoms with Crippen molar-refractivity contribution in [3.63, 3.8) is 0 Å². The Hall–Kier alpha value is -2.87. The van der Waals surface area contributed by atoms with Crippen molar-refractivity contribution in [2.45, 2.75) is 20.8 Å². The molecule has 0 radical (unpaired) electrons. The molecule has 3 aromatic carbocycles. The summed E-state index contributed by atoms with van der Waals surface area (Å²) in [7, 11) is 2.12. The Morgan fingerprint density at radius 2 is 1.64 bits per heavy atom. The third-order valence-corrected chi connectivity index (χ3v) is 5.57. The summed E-state index contributed by atoms with van der Waals surface area (Å²) in [5.74, 6) is 1.95. The van der Waals surface area contributed by atoms with Crippen LogP contribution in [0.3, 0.4) is 0 Å². The van der Waals surface area contributed by atoms with Gasteiger partial charge in [-0.15, -0.1) is 0 Å². The molecule has 0 N–H and O–H groups in total. The summed E-state index contributed by atoms with van der Waals surface area (Å²) in [5, 5.41) is 5.05. The Balaban J connectivity index is 2.06. The maximum absolute atomic E-state index is 6.47. The largest absolute Gasteiger partial charge is 0.455 e. The molecule has 2 heteroatoms. The Kier molecular flexibility index (Phi) is 2.79. The van der Waals surface area contributed by atoms with Gasteiger partial charge in [0.1, 0.15) is 18.5 Å². The summed E-state index contributed by atoms with van der Waals surface area (Å²) < 4.78 is 8.69. The lowest BCUT2D eigenvalue weighted by Crippen LogP contribution is -2.32. The van der Waals surface area contributed by atoms with Gasteiger partial charge in [0, 0.05) is 11.6 Å². The van der Waals surface area contributed by atoms with E-state index in [9.17, 15) is 0 Å². The summed E-state index contributed by atoms with van der Waals surface area (Å²) in [4.78, 5) is 0.